The van der Waals surface area contributed by atoms with Crippen molar-refractivity contribution in [3.8, 4) is 16.3 Å². The van der Waals surface area contributed by atoms with E-state index < -0.39 is 0 Å². The minimum atomic E-state index is 0.0597. The van der Waals surface area contributed by atoms with Crippen LogP contribution in [0.2, 0.25) is 0 Å². The standard InChI is InChI=1S/C18H21N3O2S/c1-4-8-23-15-11(2)9-14(10-12(15)3)17-20-21-18(24-17)19-16(22)13-6-5-7-13/h4,9-10,13H,1,5-8H2,2-3H3,(H,19,21,22). The van der Waals surface area contributed by atoms with Gasteiger partial charge in [0.15, 0.2) is 0 Å². The van der Waals surface area contributed by atoms with Crippen molar-refractivity contribution in [2.24, 2.45) is 5.92 Å². The molecule has 1 fully saturated rings. The summed E-state index contributed by atoms with van der Waals surface area (Å²) >= 11 is 1.40. The third-order valence-corrected chi connectivity index (χ3v) is 5.07. The summed E-state index contributed by atoms with van der Waals surface area (Å²) in [5, 5.41) is 12.5. The molecule has 0 bridgehead atoms. The van der Waals surface area contributed by atoms with Gasteiger partial charge >= 0.3 is 0 Å². The number of nitrogens with one attached hydrogen (secondary N) is 1. The van der Waals surface area contributed by atoms with Crippen molar-refractivity contribution >= 4 is 22.4 Å². The van der Waals surface area contributed by atoms with E-state index >= 15 is 0 Å². The average Bonchev–Trinajstić information content (AvgIpc) is 2.93. The van der Waals surface area contributed by atoms with Gasteiger partial charge in [-0.05, 0) is 49.9 Å². The van der Waals surface area contributed by atoms with Crippen molar-refractivity contribution in [1.29, 1.82) is 0 Å². The smallest absolute Gasteiger partial charge is 0.229 e. The lowest BCUT2D eigenvalue weighted by molar-refractivity contribution is -0.122. The maximum atomic E-state index is 12.0. The van der Waals surface area contributed by atoms with Crippen molar-refractivity contribution in [2.75, 3.05) is 11.9 Å². The molecular weight excluding hydrogens is 322 g/mol. The molecule has 1 aliphatic rings. The second kappa shape index (κ2) is 7.13. The highest BCUT2D eigenvalue weighted by molar-refractivity contribution is 7.18. The number of ether oxygens (including phenoxy) is 1. The summed E-state index contributed by atoms with van der Waals surface area (Å²) in [4.78, 5) is 12.0. The van der Waals surface area contributed by atoms with Gasteiger partial charge < -0.3 is 10.1 Å². The van der Waals surface area contributed by atoms with Crippen LogP contribution in [0.15, 0.2) is 24.8 Å². The highest BCUT2D eigenvalue weighted by atomic mass is 32.1. The van der Waals surface area contributed by atoms with Gasteiger partial charge in [0.1, 0.15) is 17.4 Å². The lowest BCUT2D eigenvalue weighted by Crippen LogP contribution is -2.27. The van der Waals surface area contributed by atoms with E-state index in [9.17, 15) is 4.79 Å². The first-order valence-electron chi connectivity index (χ1n) is 8.08. The van der Waals surface area contributed by atoms with Crippen molar-refractivity contribution in [3.63, 3.8) is 0 Å². The molecule has 0 radical (unpaired) electrons. The van der Waals surface area contributed by atoms with E-state index in [1.54, 1.807) is 6.08 Å². The number of hydrogen-bond donors (Lipinski definition) is 1. The van der Waals surface area contributed by atoms with Crippen LogP contribution in [-0.4, -0.2) is 22.7 Å². The van der Waals surface area contributed by atoms with Gasteiger partial charge in [-0.1, -0.05) is 30.4 Å². The van der Waals surface area contributed by atoms with Gasteiger partial charge in [0.05, 0.1) is 0 Å². The largest absolute Gasteiger partial charge is 0.489 e. The van der Waals surface area contributed by atoms with Crippen LogP contribution in [0.3, 0.4) is 0 Å². The summed E-state index contributed by atoms with van der Waals surface area (Å²) in [6.07, 6.45) is 4.82. The second-order valence-electron chi connectivity index (χ2n) is 6.07. The first kappa shape index (κ1) is 16.6. The van der Waals surface area contributed by atoms with Crippen molar-refractivity contribution in [1.82, 2.24) is 10.2 Å². The normalized spacial score (nSPS) is 14.1. The number of amides is 1. The third kappa shape index (κ3) is 3.48. The molecule has 1 aliphatic carbocycles. The molecule has 24 heavy (non-hydrogen) atoms. The molecule has 1 aromatic heterocycles. The van der Waals surface area contributed by atoms with Gasteiger partial charge in [0, 0.05) is 11.5 Å². The molecular formula is C18H21N3O2S. The Labute approximate surface area is 145 Å². The molecule has 1 N–H and O–H groups in total. The molecule has 2 aromatic rings. The van der Waals surface area contributed by atoms with Crippen LogP contribution in [0.4, 0.5) is 5.13 Å². The zero-order valence-electron chi connectivity index (χ0n) is 14.0. The van der Waals surface area contributed by atoms with Crippen LogP contribution in [0.5, 0.6) is 5.75 Å². The van der Waals surface area contributed by atoms with E-state index in [0.29, 0.717) is 11.7 Å². The number of anilines is 1. The number of nitrogens with zero attached hydrogens (tertiary/aromatic N) is 2. The molecule has 0 atom stereocenters. The quantitative estimate of drug-likeness (QED) is 0.801. The van der Waals surface area contributed by atoms with E-state index in [0.717, 1.165) is 46.7 Å². The Bertz CT molecular complexity index is 742. The van der Waals surface area contributed by atoms with Crippen molar-refractivity contribution in [2.45, 2.75) is 33.1 Å². The predicted octanol–water partition coefficient (Wildman–Crippen LogP) is 4.13. The topological polar surface area (TPSA) is 64.1 Å². The monoisotopic (exact) mass is 343 g/mol. The van der Waals surface area contributed by atoms with Crippen LogP contribution in [0.1, 0.15) is 30.4 Å². The highest BCUT2D eigenvalue weighted by Gasteiger charge is 2.26. The first-order valence-corrected chi connectivity index (χ1v) is 8.90. The fraction of sp³-hybridized carbons (Fsp3) is 0.389. The molecule has 126 valence electrons. The van der Waals surface area contributed by atoms with E-state index in [1.165, 1.54) is 11.3 Å². The molecule has 6 heteroatoms. The van der Waals surface area contributed by atoms with E-state index in [-0.39, 0.29) is 11.8 Å². The number of carbonyl (C=O) groups is 1. The molecule has 1 heterocycles. The summed E-state index contributed by atoms with van der Waals surface area (Å²) in [7, 11) is 0. The molecule has 0 saturated heterocycles. The van der Waals surface area contributed by atoms with Gasteiger partial charge in [-0.3, -0.25) is 4.79 Å². The summed E-state index contributed by atoms with van der Waals surface area (Å²) in [6.45, 7) is 8.17. The van der Waals surface area contributed by atoms with E-state index in [2.05, 4.69) is 22.1 Å². The highest BCUT2D eigenvalue weighted by Crippen LogP contribution is 2.33. The lowest BCUT2D eigenvalue weighted by Gasteiger charge is -2.23. The third-order valence-electron chi connectivity index (χ3n) is 4.18. The fourth-order valence-corrected chi connectivity index (χ4v) is 3.45. The summed E-state index contributed by atoms with van der Waals surface area (Å²) in [5.74, 6) is 1.08. The number of rotatable bonds is 6. The van der Waals surface area contributed by atoms with Gasteiger partial charge in [-0.25, -0.2) is 0 Å². The van der Waals surface area contributed by atoms with E-state index in [1.807, 2.05) is 26.0 Å². The van der Waals surface area contributed by atoms with Gasteiger partial charge in [0.25, 0.3) is 0 Å². The van der Waals surface area contributed by atoms with E-state index in [4.69, 9.17) is 4.74 Å². The average molecular weight is 343 g/mol. The maximum absolute atomic E-state index is 12.0. The number of aryl methyl sites for hydroxylation is 2. The van der Waals surface area contributed by atoms with Gasteiger partial charge in [-0.15, -0.1) is 10.2 Å². The summed E-state index contributed by atoms with van der Waals surface area (Å²) < 4.78 is 5.70. The molecule has 1 amide bonds. The maximum Gasteiger partial charge on any atom is 0.229 e. The Hall–Kier alpha value is -2.21. The Balaban J connectivity index is 1.76. The zero-order valence-corrected chi connectivity index (χ0v) is 14.8. The Kier molecular flexibility index (Phi) is 4.94. The Morgan fingerprint density at radius 2 is 2.08 bits per heavy atom. The molecule has 1 saturated carbocycles. The van der Waals surface area contributed by atoms with Gasteiger partial charge in [0.2, 0.25) is 11.0 Å². The van der Waals surface area contributed by atoms with Crippen molar-refractivity contribution in [3.05, 3.63) is 35.9 Å². The minimum Gasteiger partial charge on any atom is -0.489 e. The molecule has 0 spiro atoms. The second-order valence-corrected chi connectivity index (χ2v) is 7.05. The Morgan fingerprint density at radius 1 is 1.38 bits per heavy atom. The molecule has 0 unspecified atom stereocenters. The zero-order chi connectivity index (χ0) is 17.1. The number of carbonyl (C=O) groups excluding carboxylic acids is 1. The van der Waals surface area contributed by atoms with Gasteiger partial charge in [-0.2, -0.15) is 0 Å². The number of aromatic nitrogens is 2. The number of hydrogen-bond acceptors (Lipinski definition) is 5. The lowest BCUT2D eigenvalue weighted by atomic mass is 9.85. The minimum absolute atomic E-state index is 0.0597. The fourth-order valence-electron chi connectivity index (χ4n) is 2.71. The SMILES string of the molecule is C=CCOc1c(C)cc(-c2nnc(NC(=O)C3CCC3)s2)cc1C. The predicted molar refractivity (Wildman–Crippen MR) is 96.5 cm³/mol. The molecule has 1 aromatic carbocycles. The summed E-state index contributed by atoms with van der Waals surface area (Å²) in [5.41, 5.74) is 3.07. The van der Waals surface area contributed by atoms with Crippen molar-refractivity contribution < 1.29 is 9.53 Å². The van der Waals surface area contributed by atoms with Crippen LogP contribution in [-0.2, 0) is 4.79 Å². The van der Waals surface area contributed by atoms with Crippen LogP contribution < -0.4 is 10.1 Å². The summed E-state index contributed by atoms with van der Waals surface area (Å²) in [6, 6.07) is 4.06. The molecule has 0 aliphatic heterocycles. The van der Waals surface area contributed by atoms with Crippen LogP contribution >= 0.6 is 11.3 Å². The van der Waals surface area contributed by atoms with Crippen LogP contribution in [0, 0.1) is 19.8 Å². The molecule has 3 rings (SSSR count). The van der Waals surface area contributed by atoms with Crippen LogP contribution in [0.25, 0.3) is 10.6 Å². The molecule has 5 nitrogen and oxygen atoms in total. The number of benzene rings is 1. The Morgan fingerprint density at radius 3 is 2.67 bits per heavy atom. The first-order chi connectivity index (χ1) is 11.6.